The smallest absolute Gasteiger partial charge is 0.239 e. The van der Waals surface area contributed by atoms with Crippen molar-refractivity contribution in [2.75, 3.05) is 18.9 Å². The molecule has 0 saturated carbocycles. The standard InChI is InChI=1S/C20H22ClN7O2S2/c1-11-8-13(24-23-11)19-25-26-20(27-32-12(2)9-17-22-10-16(21)31-17)28(19)18-14(29-3)6-5-7-15(18)30-4/h5-8,10,12H,9H2,1-4H3,(H,23,24)(H,26,27)/t12-/m1/s1. The van der Waals surface area contributed by atoms with Crippen LogP contribution in [0.2, 0.25) is 4.34 Å². The highest BCUT2D eigenvalue weighted by Gasteiger charge is 2.24. The van der Waals surface area contributed by atoms with E-state index in [0.717, 1.165) is 17.1 Å². The summed E-state index contributed by atoms with van der Waals surface area (Å²) < 4.78 is 17.1. The van der Waals surface area contributed by atoms with Crippen molar-refractivity contribution in [2.24, 2.45) is 0 Å². The van der Waals surface area contributed by atoms with Gasteiger partial charge in [0.05, 0.1) is 25.4 Å². The first kappa shape index (κ1) is 22.4. The number of rotatable bonds is 9. The molecule has 0 aliphatic heterocycles. The van der Waals surface area contributed by atoms with Gasteiger partial charge in [0.15, 0.2) is 5.82 Å². The highest BCUT2D eigenvalue weighted by Crippen LogP contribution is 2.38. The number of thiazole rings is 1. The molecule has 4 rings (SSSR count). The number of hydrogen-bond donors (Lipinski definition) is 2. The zero-order valence-corrected chi connectivity index (χ0v) is 20.3. The normalized spacial score (nSPS) is 12.0. The van der Waals surface area contributed by atoms with Gasteiger partial charge in [-0.05, 0) is 37.1 Å². The molecule has 32 heavy (non-hydrogen) atoms. The Morgan fingerprint density at radius 3 is 2.59 bits per heavy atom. The van der Waals surface area contributed by atoms with Crippen LogP contribution in [0, 0.1) is 6.92 Å². The molecule has 0 fully saturated rings. The number of aryl methyl sites for hydroxylation is 1. The van der Waals surface area contributed by atoms with Crippen LogP contribution in [-0.4, -0.2) is 49.4 Å². The molecule has 0 aliphatic carbocycles. The number of benzene rings is 1. The molecule has 1 atom stereocenters. The number of methoxy groups -OCH3 is 2. The summed E-state index contributed by atoms with van der Waals surface area (Å²) in [4.78, 5) is 4.33. The second-order valence-electron chi connectivity index (χ2n) is 6.92. The third-order valence-electron chi connectivity index (χ3n) is 4.56. The predicted octanol–water partition coefficient (Wildman–Crippen LogP) is 4.78. The van der Waals surface area contributed by atoms with Gasteiger partial charge in [-0.1, -0.05) is 24.6 Å². The lowest BCUT2D eigenvalue weighted by Gasteiger charge is -2.17. The van der Waals surface area contributed by atoms with Crippen molar-refractivity contribution < 1.29 is 9.47 Å². The molecule has 0 radical (unpaired) electrons. The van der Waals surface area contributed by atoms with Gasteiger partial charge in [-0.2, -0.15) is 5.10 Å². The SMILES string of the molecule is COc1cccc(OC)c1-n1c(NS[C@H](C)Cc2ncc(Cl)s2)nnc1-c1cc(C)[nH]n1. The maximum Gasteiger partial charge on any atom is 0.239 e. The number of H-pyrrole nitrogens is 1. The minimum absolute atomic E-state index is 0.206. The quantitative estimate of drug-likeness (QED) is 0.322. The van der Waals surface area contributed by atoms with Gasteiger partial charge in [0.1, 0.15) is 27.2 Å². The van der Waals surface area contributed by atoms with Gasteiger partial charge in [0, 0.05) is 17.4 Å². The highest BCUT2D eigenvalue weighted by molar-refractivity contribution is 8.01. The molecule has 0 spiro atoms. The van der Waals surface area contributed by atoms with Gasteiger partial charge in [0.2, 0.25) is 5.95 Å². The third-order valence-corrected chi connectivity index (χ3v) is 6.57. The zero-order chi connectivity index (χ0) is 22.7. The molecule has 3 aromatic heterocycles. The minimum atomic E-state index is 0.206. The Morgan fingerprint density at radius 2 is 2.00 bits per heavy atom. The summed E-state index contributed by atoms with van der Waals surface area (Å²) in [6, 6.07) is 7.51. The summed E-state index contributed by atoms with van der Waals surface area (Å²) in [6.45, 7) is 4.04. The van der Waals surface area contributed by atoms with Gasteiger partial charge >= 0.3 is 0 Å². The van der Waals surface area contributed by atoms with Crippen molar-refractivity contribution in [3.8, 4) is 28.7 Å². The Labute approximate surface area is 198 Å². The highest BCUT2D eigenvalue weighted by atomic mass is 35.5. The van der Waals surface area contributed by atoms with Crippen molar-refractivity contribution in [3.63, 3.8) is 0 Å². The van der Waals surface area contributed by atoms with Crippen molar-refractivity contribution in [3.05, 3.63) is 45.5 Å². The predicted molar refractivity (Wildman–Crippen MR) is 128 cm³/mol. The average molecular weight is 492 g/mol. The fraction of sp³-hybridized carbons (Fsp3) is 0.300. The largest absolute Gasteiger partial charge is 0.494 e. The van der Waals surface area contributed by atoms with Crippen LogP contribution < -0.4 is 14.2 Å². The lowest BCUT2D eigenvalue weighted by Crippen LogP contribution is -2.10. The van der Waals surface area contributed by atoms with Crippen LogP contribution in [0.15, 0.2) is 30.5 Å². The number of aromatic amines is 1. The van der Waals surface area contributed by atoms with Crippen LogP contribution in [0.25, 0.3) is 17.2 Å². The van der Waals surface area contributed by atoms with Gasteiger partial charge in [-0.3, -0.25) is 14.4 Å². The monoisotopic (exact) mass is 491 g/mol. The van der Waals surface area contributed by atoms with E-state index in [0.29, 0.717) is 39.0 Å². The Balaban J connectivity index is 1.70. The van der Waals surface area contributed by atoms with E-state index < -0.39 is 0 Å². The summed E-state index contributed by atoms with van der Waals surface area (Å²) >= 11 is 9.02. The van der Waals surface area contributed by atoms with Crippen LogP contribution in [-0.2, 0) is 6.42 Å². The lowest BCUT2D eigenvalue weighted by molar-refractivity contribution is 0.391. The van der Waals surface area contributed by atoms with Crippen LogP contribution in [0.4, 0.5) is 5.95 Å². The molecule has 9 nitrogen and oxygen atoms in total. The summed E-state index contributed by atoms with van der Waals surface area (Å²) in [7, 11) is 3.23. The van der Waals surface area contributed by atoms with Crippen molar-refractivity contribution in [2.45, 2.75) is 25.5 Å². The fourth-order valence-electron chi connectivity index (χ4n) is 3.14. The molecule has 2 N–H and O–H groups in total. The maximum absolute atomic E-state index is 6.01. The van der Waals surface area contributed by atoms with E-state index in [1.807, 2.05) is 35.8 Å². The molecule has 12 heteroatoms. The van der Waals surface area contributed by atoms with Gasteiger partial charge in [-0.25, -0.2) is 4.98 Å². The van der Waals surface area contributed by atoms with Crippen LogP contribution in [0.3, 0.4) is 0 Å². The van der Waals surface area contributed by atoms with E-state index in [1.54, 1.807) is 20.4 Å². The van der Waals surface area contributed by atoms with Crippen LogP contribution >= 0.6 is 34.9 Å². The molecule has 0 saturated heterocycles. The first-order valence-electron chi connectivity index (χ1n) is 9.71. The van der Waals surface area contributed by atoms with E-state index in [9.17, 15) is 0 Å². The molecule has 4 aromatic rings. The van der Waals surface area contributed by atoms with Crippen molar-refractivity contribution in [1.29, 1.82) is 0 Å². The number of aromatic nitrogens is 6. The van der Waals surface area contributed by atoms with Crippen LogP contribution in [0.1, 0.15) is 17.6 Å². The van der Waals surface area contributed by atoms with Crippen molar-refractivity contribution in [1.82, 2.24) is 29.9 Å². The summed E-state index contributed by atoms with van der Waals surface area (Å²) in [6.07, 6.45) is 2.45. The number of hydrogen-bond acceptors (Lipinski definition) is 9. The molecule has 0 unspecified atom stereocenters. The minimum Gasteiger partial charge on any atom is -0.494 e. The first-order chi connectivity index (χ1) is 15.5. The summed E-state index contributed by atoms with van der Waals surface area (Å²) in [5.41, 5.74) is 2.26. The Kier molecular flexibility index (Phi) is 6.87. The maximum atomic E-state index is 6.01. The molecule has 3 heterocycles. The molecule has 0 bridgehead atoms. The lowest BCUT2D eigenvalue weighted by atomic mass is 10.2. The van der Waals surface area contributed by atoms with Gasteiger partial charge < -0.3 is 9.47 Å². The number of nitrogens with zero attached hydrogens (tertiary/aromatic N) is 5. The van der Waals surface area contributed by atoms with Gasteiger partial charge in [0.25, 0.3) is 0 Å². The molecule has 1 aromatic carbocycles. The first-order valence-corrected chi connectivity index (χ1v) is 11.8. The molecule has 168 valence electrons. The molecule has 0 amide bonds. The Hall–Kier alpha value is -2.76. The van der Waals surface area contributed by atoms with E-state index in [-0.39, 0.29) is 5.25 Å². The van der Waals surface area contributed by atoms with Crippen LogP contribution in [0.5, 0.6) is 11.5 Å². The number of nitrogens with one attached hydrogen (secondary N) is 2. The van der Waals surface area contributed by atoms with E-state index in [4.69, 9.17) is 21.1 Å². The molecular formula is C20H22ClN7O2S2. The van der Waals surface area contributed by atoms with Gasteiger partial charge in [-0.15, -0.1) is 21.5 Å². The van der Waals surface area contributed by atoms with E-state index in [1.165, 1.54) is 23.3 Å². The van der Waals surface area contributed by atoms with Crippen molar-refractivity contribution >= 4 is 40.8 Å². The van der Waals surface area contributed by atoms with E-state index >= 15 is 0 Å². The Morgan fingerprint density at radius 1 is 1.25 bits per heavy atom. The molecular weight excluding hydrogens is 470 g/mol. The number of anilines is 1. The fourth-order valence-corrected chi connectivity index (χ4v) is 5.01. The number of ether oxygens (including phenoxy) is 2. The zero-order valence-electron chi connectivity index (χ0n) is 17.9. The summed E-state index contributed by atoms with van der Waals surface area (Å²) in [5, 5.41) is 17.3. The second-order valence-corrected chi connectivity index (χ2v) is 9.91. The molecule has 0 aliphatic rings. The Bertz CT molecular complexity index is 1180. The third kappa shape index (κ3) is 4.69. The average Bonchev–Trinajstić information content (AvgIpc) is 3.51. The van der Waals surface area contributed by atoms with E-state index in [2.05, 4.69) is 37.0 Å². The summed E-state index contributed by atoms with van der Waals surface area (Å²) in [5.74, 6) is 2.32. The number of para-hydroxylation sites is 1. The topological polar surface area (TPSA) is 103 Å². The second kappa shape index (κ2) is 9.80. The number of halogens is 1.